The van der Waals surface area contributed by atoms with Crippen LogP contribution >= 0.6 is 11.8 Å². The molecule has 0 aliphatic heterocycles. The fourth-order valence-corrected chi connectivity index (χ4v) is 3.22. The lowest BCUT2D eigenvalue weighted by Crippen LogP contribution is -2.47. The van der Waals surface area contributed by atoms with Gasteiger partial charge < -0.3 is 10.4 Å². The number of carbonyl (C=O) groups excluding carboxylic acids is 1. The smallest absolute Gasteiger partial charge is 0.313 e. The second-order valence-corrected chi connectivity index (χ2v) is 6.60. The Morgan fingerprint density at radius 1 is 1.24 bits per heavy atom. The normalized spacial score (nSPS) is 16.0. The van der Waals surface area contributed by atoms with E-state index in [0.29, 0.717) is 12.3 Å². The number of hydrogen-bond donors (Lipinski definition) is 2. The standard InChI is InChI=1S/C16H21NO3S/c18-14(19)12-21-10-9-17-15(20)16(7-4-8-16)11-13-5-2-1-3-6-13/h1-3,5-6H,4,7-12H2,(H,17,20)(H,18,19). The monoisotopic (exact) mass is 307 g/mol. The molecule has 2 N–H and O–H groups in total. The van der Waals surface area contributed by atoms with E-state index in [1.807, 2.05) is 18.2 Å². The summed E-state index contributed by atoms with van der Waals surface area (Å²) < 4.78 is 0. The molecule has 4 nitrogen and oxygen atoms in total. The molecule has 1 fully saturated rings. The molecule has 0 heterocycles. The molecule has 0 bridgehead atoms. The summed E-state index contributed by atoms with van der Waals surface area (Å²) in [7, 11) is 0. The molecule has 0 aromatic heterocycles. The zero-order valence-corrected chi connectivity index (χ0v) is 12.8. The molecule has 0 atom stereocenters. The van der Waals surface area contributed by atoms with Gasteiger partial charge in [0, 0.05) is 12.3 Å². The number of carboxylic acid groups (broad SMARTS) is 1. The van der Waals surface area contributed by atoms with Crippen LogP contribution in [0.15, 0.2) is 30.3 Å². The Balaban J connectivity index is 1.80. The van der Waals surface area contributed by atoms with Crippen molar-refractivity contribution in [2.24, 2.45) is 5.41 Å². The van der Waals surface area contributed by atoms with Crippen LogP contribution in [0.2, 0.25) is 0 Å². The van der Waals surface area contributed by atoms with Crippen LogP contribution in [0.3, 0.4) is 0 Å². The zero-order valence-electron chi connectivity index (χ0n) is 12.0. The molecule has 21 heavy (non-hydrogen) atoms. The van der Waals surface area contributed by atoms with Gasteiger partial charge in [0.1, 0.15) is 0 Å². The van der Waals surface area contributed by atoms with Gasteiger partial charge in [-0.2, -0.15) is 0 Å². The molecule has 2 rings (SSSR count). The van der Waals surface area contributed by atoms with Crippen molar-refractivity contribution >= 4 is 23.6 Å². The zero-order chi connectivity index (χ0) is 15.1. The van der Waals surface area contributed by atoms with E-state index in [1.165, 1.54) is 17.3 Å². The lowest BCUT2D eigenvalue weighted by molar-refractivity contribution is -0.136. The molecular weight excluding hydrogens is 286 g/mol. The molecule has 1 aliphatic rings. The summed E-state index contributed by atoms with van der Waals surface area (Å²) >= 11 is 1.33. The van der Waals surface area contributed by atoms with Crippen LogP contribution in [0.4, 0.5) is 0 Å². The first-order valence-electron chi connectivity index (χ1n) is 7.24. The molecular formula is C16H21NO3S. The Labute approximate surface area is 129 Å². The van der Waals surface area contributed by atoms with Gasteiger partial charge in [0.05, 0.1) is 11.2 Å². The Kier molecular flexibility index (Phi) is 5.67. The fraction of sp³-hybridized carbons (Fsp3) is 0.500. The topological polar surface area (TPSA) is 66.4 Å². The minimum Gasteiger partial charge on any atom is -0.481 e. The summed E-state index contributed by atoms with van der Waals surface area (Å²) in [5.41, 5.74) is 0.950. The van der Waals surface area contributed by atoms with Gasteiger partial charge in [0.25, 0.3) is 0 Å². The minimum absolute atomic E-state index is 0.0883. The third-order valence-corrected chi connectivity index (χ3v) is 4.88. The molecule has 1 aromatic carbocycles. The van der Waals surface area contributed by atoms with Gasteiger partial charge in [-0.05, 0) is 24.8 Å². The van der Waals surface area contributed by atoms with E-state index in [-0.39, 0.29) is 17.1 Å². The summed E-state index contributed by atoms with van der Waals surface area (Å²) in [5.74, 6) is 0.0317. The first-order valence-corrected chi connectivity index (χ1v) is 8.40. The average molecular weight is 307 g/mol. The second-order valence-electron chi connectivity index (χ2n) is 5.50. The van der Waals surface area contributed by atoms with E-state index in [1.54, 1.807) is 0 Å². The number of hydrogen-bond acceptors (Lipinski definition) is 3. The van der Waals surface area contributed by atoms with Crippen molar-refractivity contribution in [2.45, 2.75) is 25.7 Å². The van der Waals surface area contributed by atoms with Gasteiger partial charge in [0.15, 0.2) is 0 Å². The maximum absolute atomic E-state index is 12.4. The lowest BCUT2D eigenvalue weighted by atomic mass is 9.64. The second kappa shape index (κ2) is 7.50. The minimum atomic E-state index is -0.814. The van der Waals surface area contributed by atoms with E-state index in [9.17, 15) is 9.59 Å². The molecule has 5 heteroatoms. The lowest BCUT2D eigenvalue weighted by Gasteiger charge is -2.40. The van der Waals surface area contributed by atoms with Crippen LogP contribution in [0.5, 0.6) is 0 Å². The highest BCUT2D eigenvalue weighted by atomic mass is 32.2. The first kappa shape index (κ1) is 15.9. The average Bonchev–Trinajstić information content (AvgIpc) is 2.43. The predicted octanol–water partition coefficient (Wildman–Crippen LogP) is 2.33. The van der Waals surface area contributed by atoms with E-state index in [2.05, 4.69) is 17.4 Å². The molecule has 0 spiro atoms. The van der Waals surface area contributed by atoms with Crippen LogP contribution < -0.4 is 5.32 Å². The van der Waals surface area contributed by atoms with Crippen molar-refractivity contribution in [2.75, 3.05) is 18.1 Å². The van der Waals surface area contributed by atoms with Crippen LogP contribution in [0.25, 0.3) is 0 Å². The third-order valence-electron chi connectivity index (χ3n) is 3.94. The highest BCUT2D eigenvalue weighted by Gasteiger charge is 2.43. The summed E-state index contributed by atoms with van der Waals surface area (Å²) in [5, 5.41) is 11.5. The number of nitrogens with one attached hydrogen (secondary N) is 1. The maximum Gasteiger partial charge on any atom is 0.313 e. The van der Waals surface area contributed by atoms with Crippen molar-refractivity contribution in [1.29, 1.82) is 0 Å². The molecule has 0 saturated heterocycles. The molecule has 1 saturated carbocycles. The number of carboxylic acids is 1. The van der Waals surface area contributed by atoms with Gasteiger partial charge in [-0.25, -0.2) is 0 Å². The van der Waals surface area contributed by atoms with Gasteiger partial charge in [0.2, 0.25) is 5.91 Å². The van der Waals surface area contributed by atoms with Crippen LogP contribution in [0, 0.1) is 5.41 Å². The van der Waals surface area contributed by atoms with E-state index < -0.39 is 5.97 Å². The number of aliphatic carboxylic acids is 1. The number of amides is 1. The Bertz CT molecular complexity index is 486. The molecule has 1 aliphatic carbocycles. The Hall–Kier alpha value is -1.49. The van der Waals surface area contributed by atoms with Crippen LogP contribution in [0.1, 0.15) is 24.8 Å². The molecule has 1 amide bonds. The van der Waals surface area contributed by atoms with Crippen molar-refractivity contribution in [3.8, 4) is 0 Å². The van der Waals surface area contributed by atoms with Gasteiger partial charge in [-0.15, -0.1) is 11.8 Å². The van der Waals surface area contributed by atoms with Crippen molar-refractivity contribution < 1.29 is 14.7 Å². The predicted molar refractivity (Wildman–Crippen MR) is 84.4 cm³/mol. The largest absolute Gasteiger partial charge is 0.481 e. The van der Waals surface area contributed by atoms with Gasteiger partial charge in [-0.1, -0.05) is 36.8 Å². The summed E-state index contributed by atoms with van der Waals surface area (Å²) in [6.07, 6.45) is 3.78. The Morgan fingerprint density at radius 2 is 1.95 bits per heavy atom. The van der Waals surface area contributed by atoms with Gasteiger partial charge in [-0.3, -0.25) is 9.59 Å². The number of carbonyl (C=O) groups is 2. The van der Waals surface area contributed by atoms with Crippen molar-refractivity contribution in [3.05, 3.63) is 35.9 Å². The summed E-state index contributed by atoms with van der Waals surface area (Å²) in [6, 6.07) is 10.1. The molecule has 0 unspecified atom stereocenters. The maximum atomic E-state index is 12.4. The number of rotatable bonds is 8. The highest BCUT2D eigenvalue weighted by Crippen LogP contribution is 2.43. The van der Waals surface area contributed by atoms with Crippen molar-refractivity contribution in [3.63, 3.8) is 0 Å². The summed E-state index contributed by atoms with van der Waals surface area (Å²) in [6.45, 7) is 0.535. The van der Waals surface area contributed by atoms with Crippen LogP contribution in [-0.4, -0.2) is 35.0 Å². The molecule has 0 radical (unpaired) electrons. The van der Waals surface area contributed by atoms with E-state index in [0.717, 1.165) is 25.7 Å². The molecule has 1 aromatic rings. The SMILES string of the molecule is O=C(O)CSCCNC(=O)C1(Cc2ccccc2)CCC1. The summed E-state index contributed by atoms with van der Waals surface area (Å²) in [4.78, 5) is 22.8. The third kappa shape index (κ3) is 4.49. The van der Waals surface area contributed by atoms with Crippen LogP contribution in [-0.2, 0) is 16.0 Å². The molecule has 114 valence electrons. The first-order chi connectivity index (χ1) is 10.1. The van der Waals surface area contributed by atoms with E-state index >= 15 is 0 Å². The number of thioether (sulfide) groups is 1. The quantitative estimate of drug-likeness (QED) is 0.723. The van der Waals surface area contributed by atoms with E-state index in [4.69, 9.17) is 5.11 Å². The highest BCUT2D eigenvalue weighted by molar-refractivity contribution is 7.99. The Morgan fingerprint density at radius 3 is 2.52 bits per heavy atom. The van der Waals surface area contributed by atoms with Crippen molar-refractivity contribution in [1.82, 2.24) is 5.32 Å². The van der Waals surface area contributed by atoms with Gasteiger partial charge >= 0.3 is 5.97 Å². The number of benzene rings is 1. The fourth-order valence-electron chi connectivity index (χ4n) is 2.66.